The zero-order valence-electron chi connectivity index (χ0n) is 14.5. The first-order valence-corrected chi connectivity index (χ1v) is 9.25. The Hall–Kier alpha value is -2.40. The van der Waals surface area contributed by atoms with E-state index >= 15 is 0 Å². The maximum Gasteiger partial charge on any atom is 0.123 e. The van der Waals surface area contributed by atoms with E-state index in [-0.39, 0.29) is 11.9 Å². The van der Waals surface area contributed by atoms with E-state index in [4.69, 9.17) is 14.6 Å². The minimum atomic E-state index is -0.189. The van der Waals surface area contributed by atoms with E-state index in [0.717, 1.165) is 55.1 Å². The molecule has 26 heavy (non-hydrogen) atoms. The molecule has 1 fully saturated rings. The van der Waals surface area contributed by atoms with Crippen LogP contribution in [0.2, 0.25) is 0 Å². The predicted octanol–water partition coefficient (Wildman–Crippen LogP) is 3.78. The van der Waals surface area contributed by atoms with E-state index in [1.807, 2.05) is 35.3 Å². The third-order valence-electron chi connectivity index (χ3n) is 5.39. The molecule has 5 rings (SSSR count). The van der Waals surface area contributed by atoms with E-state index in [9.17, 15) is 4.39 Å². The summed E-state index contributed by atoms with van der Waals surface area (Å²) in [7, 11) is 0. The number of benzene rings is 2. The number of hydrogen-bond donors (Lipinski definition) is 0. The number of rotatable bonds is 4. The average molecular weight is 352 g/mol. The molecule has 1 aliphatic carbocycles. The molecule has 0 saturated carbocycles. The second-order valence-corrected chi connectivity index (χ2v) is 7.19. The number of anilines is 1. The second-order valence-electron chi connectivity index (χ2n) is 7.19. The van der Waals surface area contributed by atoms with Crippen LogP contribution in [0.4, 0.5) is 10.1 Å². The number of epoxide rings is 1. The minimum absolute atomic E-state index is 0.189. The lowest BCUT2D eigenvalue weighted by molar-refractivity contribution is 0.263. The molecule has 2 aliphatic heterocycles. The third kappa shape index (κ3) is 3.07. The smallest absolute Gasteiger partial charge is 0.123 e. The van der Waals surface area contributed by atoms with Gasteiger partial charge in [-0.2, -0.15) is 5.10 Å². The van der Waals surface area contributed by atoms with Gasteiger partial charge in [-0.3, -0.25) is 5.01 Å². The van der Waals surface area contributed by atoms with Crippen LogP contribution in [0.15, 0.2) is 47.6 Å². The van der Waals surface area contributed by atoms with E-state index in [1.54, 1.807) is 12.1 Å². The molecule has 3 aliphatic rings. The maximum atomic E-state index is 13.8. The Bertz CT molecular complexity index is 846. The molecule has 134 valence electrons. The van der Waals surface area contributed by atoms with Gasteiger partial charge in [0.15, 0.2) is 0 Å². The Morgan fingerprint density at radius 3 is 2.81 bits per heavy atom. The Morgan fingerprint density at radius 1 is 1.15 bits per heavy atom. The van der Waals surface area contributed by atoms with Crippen LogP contribution >= 0.6 is 0 Å². The van der Waals surface area contributed by atoms with E-state index in [2.05, 4.69) is 0 Å². The van der Waals surface area contributed by atoms with Crippen LogP contribution in [0.3, 0.4) is 0 Å². The van der Waals surface area contributed by atoms with Crippen molar-refractivity contribution in [2.75, 3.05) is 24.8 Å². The number of ether oxygens (including phenoxy) is 2. The van der Waals surface area contributed by atoms with Gasteiger partial charge in [0.05, 0.1) is 18.0 Å². The molecule has 2 unspecified atom stereocenters. The molecular weight excluding hydrogens is 331 g/mol. The summed E-state index contributed by atoms with van der Waals surface area (Å²) in [4.78, 5) is 0. The topological polar surface area (TPSA) is 37.4 Å². The summed E-state index contributed by atoms with van der Waals surface area (Å²) in [5, 5.41) is 6.92. The van der Waals surface area contributed by atoms with Gasteiger partial charge in [-0.05, 0) is 61.2 Å². The van der Waals surface area contributed by atoms with Crippen molar-refractivity contribution in [3.63, 3.8) is 0 Å². The molecule has 4 nitrogen and oxygen atoms in total. The number of fused-ring (bicyclic) bond motifs is 3. The van der Waals surface area contributed by atoms with Gasteiger partial charge in [0, 0.05) is 18.0 Å². The van der Waals surface area contributed by atoms with Crippen LogP contribution in [-0.4, -0.2) is 31.6 Å². The van der Waals surface area contributed by atoms with Gasteiger partial charge in [-0.25, -0.2) is 4.39 Å². The highest BCUT2D eigenvalue weighted by Gasteiger charge is 2.30. The van der Waals surface area contributed by atoms with Crippen molar-refractivity contribution in [2.24, 2.45) is 11.0 Å². The van der Waals surface area contributed by atoms with Crippen molar-refractivity contribution in [2.45, 2.75) is 25.4 Å². The molecule has 0 radical (unpaired) electrons. The molecule has 1 saturated heterocycles. The summed E-state index contributed by atoms with van der Waals surface area (Å²) in [6.07, 6.45) is 3.41. The van der Waals surface area contributed by atoms with Crippen molar-refractivity contribution in [3.05, 3.63) is 59.4 Å². The number of nitrogens with zero attached hydrogens (tertiary/aromatic N) is 2. The molecule has 2 heterocycles. The molecular formula is C21H21FN2O2. The summed E-state index contributed by atoms with van der Waals surface area (Å²) < 4.78 is 24.6. The number of hydrogen-bond acceptors (Lipinski definition) is 4. The van der Waals surface area contributed by atoms with Gasteiger partial charge in [0.25, 0.3) is 0 Å². The van der Waals surface area contributed by atoms with Crippen LogP contribution in [0, 0.1) is 11.7 Å². The van der Waals surface area contributed by atoms with Crippen LogP contribution < -0.4 is 9.75 Å². The average Bonchev–Trinajstić information content (AvgIpc) is 3.51. The highest BCUT2D eigenvalue weighted by Crippen LogP contribution is 2.33. The summed E-state index contributed by atoms with van der Waals surface area (Å²) in [6.45, 7) is 2.29. The van der Waals surface area contributed by atoms with Gasteiger partial charge < -0.3 is 9.47 Å². The molecule has 0 aromatic heterocycles. The number of hydrazone groups is 1. The highest BCUT2D eigenvalue weighted by atomic mass is 19.1. The van der Waals surface area contributed by atoms with Crippen molar-refractivity contribution in [1.29, 1.82) is 0 Å². The lowest BCUT2D eigenvalue weighted by Crippen LogP contribution is -2.35. The predicted molar refractivity (Wildman–Crippen MR) is 98.4 cm³/mol. The molecule has 0 spiro atoms. The van der Waals surface area contributed by atoms with Crippen molar-refractivity contribution in [1.82, 2.24) is 0 Å². The first-order chi connectivity index (χ1) is 12.8. The summed E-state index contributed by atoms with van der Waals surface area (Å²) in [5.74, 6) is 1.09. The van der Waals surface area contributed by atoms with Gasteiger partial charge in [-0.15, -0.1) is 0 Å². The maximum absolute atomic E-state index is 13.8. The molecule has 2 aromatic carbocycles. The number of aryl methyl sites for hydroxylation is 1. The SMILES string of the molecule is Fc1ccc2c(c1)C1=NN(c3ccc(OCC4CO4)cc3)CCC1CC2. The fourth-order valence-corrected chi connectivity index (χ4v) is 3.82. The zero-order chi connectivity index (χ0) is 17.5. The van der Waals surface area contributed by atoms with Crippen LogP contribution in [0.5, 0.6) is 5.75 Å². The first kappa shape index (κ1) is 15.8. The standard InChI is InChI=1S/C21H21FN2O2/c22-16-4-3-14-1-2-15-9-10-24(23-21(15)20(14)11-16)17-5-7-18(8-6-17)25-12-19-13-26-19/h3-8,11,15,19H,1-2,9-10,12-13H2. The van der Waals surface area contributed by atoms with Gasteiger partial charge in [0.2, 0.25) is 0 Å². The van der Waals surface area contributed by atoms with E-state index < -0.39 is 0 Å². The Labute approximate surface area is 152 Å². The Morgan fingerprint density at radius 2 is 2.00 bits per heavy atom. The third-order valence-corrected chi connectivity index (χ3v) is 5.39. The van der Waals surface area contributed by atoms with Crippen molar-refractivity contribution in [3.8, 4) is 5.75 Å². The molecule has 5 heteroatoms. The molecule has 2 aromatic rings. The molecule has 0 bridgehead atoms. The second kappa shape index (κ2) is 6.40. The van der Waals surface area contributed by atoms with E-state index in [0.29, 0.717) is 12.5 Å². The lowest BCUT2D eigenvalue weighted by Gasteiger charge is -2.34. The number of halogens is 1. The quantitative estimate of drug-likeness (QED) is 0.786. The molecule has 0 amide bonds. The zero-order valence-corrected chi connectivity index (χ0v) is 14.5. The molecule has 2 atom stereocenters. The first-order valence-electron chi connectivity index (χ1n) is 9.25. The van der Waals surface area contributed by atoms with Gasteiger partial charge in [0.1, 0.15) is 24.3 Å². The van der Waals surface area contributed by atoms with Gasteiger partial charge in [-0.1, -0.05) is 6.07 Å². The largest absolute Gasteiger partial charge is 0.491 e. The highest BCUT2D eigenvalue weighted by molar-refractivity contribution is 6.05. The van der Waals surface area contributed by atoms with E-state index in [1.165, 1.54) is 5.56 Å². The fraction of sp³-hybridized carbons (Fsp3) is 0.381. The molecule has 0 N–H and O–H groups in total. The fourth-order valence-electron chi connectivity index (χ4n) is 3.82. The monoisotopic (exact) mass is 352 g/mol. The van der Waals surface area contributed by atoms with Crippen LogP contribution in [-0.2, 0) is 11.2 Å². The van der Waals surface area contributed by atoms with Gasteiger partial charge >= 0.3 is 0 Å². The van der Waals surface area contributed by atoms with Crippen LogP contribution in [0.1, 0.15) is 24.0 Å². The Kier molecular flexibility index (Phi) is 3.89. The van der Waals surface area contributed by atoms with Crippen molar-refractivity contribution >= 4 is 11.4 Å². The normalized spacial score (nSPS) is 23.7. The minimum Gasteiger partial charge on any atom is -0.491 e. The summed E-state index contributed by atoms with van der Waals surface area (Å²) in [6, 6.07) is 13.1. The van der Waals surface area contributed by atoms with Crippen molar-refractivity contribution < 1.29 is 13.9 Å². The lowest BCUT2D eigenvalue weighted by atomic mass is 9.80. The summed E-state index contributed by atoms with van der Waals surface area (Å²) >= 11 is 0. The Balaban J connectivity index is 1.39. The summed E-state index contributed by atoms with van der Waals surface area (Å²) in [5.41, 5.74) is 4.25. The van der Waals surface area contributed by atoms with Crippen LogP contribution in [0.25, 0.3) is 0 Å².